The Balaban J connectivity index is 1.72. The molecule has 0 aliphatic carbocycles. The van der Waals surface area contributed by atoms with E-state index in [9.17, 15) is 18.0 Å². The van der Waals surface area contributed by atoms with Crippen molar-refractivity contribution in [3.05, 3.63) is 46.6 Å². The number of hydrogen-bond donors (Lipinski definition) is 0. The van der Waals surface area contributed by atoms with Crippen LogP contribution in [0.25, 0.3) is 0 Å². The Morgan fingerprint density at radius 2 is 1.94 bits per heavy atom. The maximum Gasteiger partial charge on any atom is 0.417 e. The van der Waals surface area contributed by atoms with E-state index in [0.717, 1.165) is 12.3 Å². The number of benzene rings is 1. The molecule has 2 heterocycles. The van der Waals surface area contributed by atoms with Gasteiger partial charge in [-0.1, -0.05) is 11.6 Å². The second-order valence-electron chi connectivity index (χ2n) is 6.96. The van der Waals surface area contributed by atoms with Crippen LogP contribution in [0.4, 0.5) is 19.0 Å². The quantitative estimate of drug-likeness (QED) is 0.661. The normalized spacial score (nSPS) is 14.9. The maximum absolute atomic E-state index is 13.0. The van der Waals surface area contributed by atoms with Crippen molar-refractivity contribution < 1.29 is 27.4 Å². The van der Waals surface area contributed by atoms with Crippen LogP contribution in [0.15, 0.2) is 30.5 Å². The van der Waals surface area contributed by atoms with Crippen LogP contribution in [0.2, 0.25) is 5.02 Å². The fourth-order valence-corrected chi connectivity index (χ4v) is 3.69. The highest BCUT2D eigenvalue weighted by atomic mass is 35.5. The van der Waals surface area contributed by atoms with Crippen LogP contribution in [0.5, 0.6) is 11.5 Å². The summed E-state index contributed by atoms with van der Waals surface area (Å²) in [6.07, 6.45) is -3.10. The fraction of sp³-hybridized carbons (Fsp3) is 0.429. The van der Waals surface area contributed by atoms with Crippen LogP contribution in [0, 0.1) is 0 Å². The van der Waals surface area contributed by atoms with E-state index >= 15 is 0 Å². The summed E-state index contributed by atoms with van der Waals surface area (Å²) in [6, 6.07) is 5.91. The van der Waals surface area contributed by atoms with E-state index in [1.54, 1.807) is 28.0 Å². The summed E-state index contributed by atoms with van der Waals surface area (Å²) < 4.78 is 49.4. The lowest BCUT2D eigenvalue weighted by molar-refractivity contribution is -0.137. The lowest BCUT2D eigenvalue weighted by Crippen LogP contribution is -2.35. The van der Waals surface area contributed by atoms with Gasteiger partial charge in [0.15, 0.2) is 11.5 Å². The van der Waals surface area contributed by atoms with Gasteiger partial charge in [-0.25, -0.2) is 4.98 Å². The number of amides is 1. The third kappa shape index (κ3) is 5.33. The van der Waals surface area contributed by atoms with Gasteiger partial charge in [-0.05, 0) is 37.6 Å². The number of anilines is 1. The van der Waals surface area contributed by atoms with Gasteiger partial charge in [0.25, 0.3) is 5.91 Å². The molecule has 1 aromatic carbocycles. The monoisotopic (exact) mass is 457 g/mol. The molecule has 1 amide bonds. The van der Waals surface area contributed by atoms with Gasteiger partial charge in [0, 0.05) is 37.9 Å². The molecule has 1 aliphatic heterocycles. The molecule has 1 fully saturated rings. The van der Waals surface area contributed by atoms with Crippen molar-refractivity contribution in [3.63, 3.8) is 0 Å². The second-order valence-corrected chi connectivity index (χ2v) is 7.37. The Hall–Kier alpha value is -2.68. The Morgan fingerprint density at radius 1 is 1.16 bits per heavy atom. The van der Waals surface area contributed by atoms with Gasteiger partial charge in [0.2, 0.25) is 0 Å². The van der Waals surface area contributed by atoms with E-state index in [4.69, 9.17) is 21.1 Å². The zero-order valence-corrected chi connectivity index (χ0v) is 18.0. The van der Waals surface area contributed by atoms with E-state index in [-0.39, 0.29) is 16.7 Å². The minimum atomic E-state index is -4.50. The van der Waals surface area contributed by atoms with Gasteiger partial charge < -0.3 is 19.3 Å². The van der Waals surface area contributed by atoms with E-state index in [1.807, 2.05) is 6.92 Å². The third-order valence-corrected chi connectivity index (χ3v) is 5.22. The lowest BCUT2D eigenvalue weighted by atomic mass is 10.1. The van der Waals surface area contributed by atoms with Crippen molar-refractivity contribution in [3.8, 4) is 11.5 Å². The average Bonchev–Trinajstić information content (AvgIpc) is 2.99. The molecule has 0 radical (unpaired) electrons. The third-order valence-electron chi connectivity index (χ3n) is 4.94. The molecule has 0 N–H and O–H groups in total. The predicted octanol–water partition coefficient (Wildman–Crippen LogP) is 4.51. The molecule has 10 heteroatoms. The molecule has 1 aliphatic rings. The van der Waals surface area contributed by atoms with Crippen molar-refractivity contribution in [1.29, 1.82) is 0 Å². The van der Waals surface area contributed by atoms with Crippen LogP contribution >= 0.6 is 11.6 Å². The number of rotatable bonds is 5. The number of aromatic nitrogens is 1. The molecule has 0 unspecified atom stereocenters. The molecule has 0 spiro atoms. The molecule has 6 nitrogen and oxygen atoms in total. The number of pyridine rings is 1. The van der Waals surface area contributed by atoms with Gasteiger partial charge in [-0.3, -0.25) is 4.79 Å². The number of halogens is 4. The predicted molar refractivity (Wildman–Crippen MR) is 111 cm³/mol. The van der Waals surface area contributed by atoms with E-state index in [1.165, 1.54) is 7.11 Å². The van der Waals surface area contributed by atoms with Crippen LogP contribution < -0.4 is 14.4 Å². The average molecular weight is 458 g/mol. The molecular formula is C21H23ClF3N3O3. The summed E-state index contributed by atoms with van der Waals surface area (Å²) >= 11 is 6.08. The fourth-order valence-electron chi connectivity index (χ4n) is 3.41. The molecule has 0 atom stereocenters. The Morgan fingerprint density at radius 3 is 2.58 bits per heavy atom. The summed E-state index contributed by atoms with van der Waals surface area (Å²) in [4.78, 5) is 20.4. The molecule has 3 rings (SSSR count). The zero-order chi connectivity index (χ0) is 22.6. The Bertz CT molecular complexity index is 940. The highest BCUT2D eigenvalue weighted by molar-refractivity contribution is 6.33. The molecule has 0 saturated carbocycles. The number of alkyl halides is 3. The Labute approximate surface area is 183 Å². The zero-order valence-electron chi connectivity index (χ0n) is 17.2. The molecule has 168 valence electrons. The number of carbonyl (C=O) groups is 1. The van der Waals surface area contributed by atoms with Crippen LogP contribution in [-0.4, -0.2) is 55.7 Å². The van der Waals surface area contributed by atoms with Crippen LogP contribution in [0.1, 0.15) is 29.3 Å². The standard InChI is InChI=1S/C21H23ClF3N3O3/c1-3-31-17-6-5-14(11-18(17)30-2)20(29)28-8-4-7-27(9-10-28)19-16(22)12-15(13-26-19)21(23,24)25/h5-6,11-13H,3-4,7-10H2,1-2H3. The second kappa shape index (κ2) is 9.64. The van der Waals surface area contributed by atoms with Gasteiger partial charge >= 0.3 is 6.18 Å². The van der Waals surface area contributed by atoms with Gasteiger partial charge in [-0.2, -0.15) is 13.2 Å². The highest BCUT2D eigenvalue weighted by Gasteiger charge is 2.32. The largest absolute Gasteiger partial charge is 0.493 e. The van der Waals surface area contributed by atoms with Gasteiger partial charge in [-0.15, -0.1) is 0 Å². The summed E-state index contributed by atoms with van der Waals surface area (Å²) in [5.41, 5.74) is -0.420. The summed E-state index contributed by atoms with van der Waals surface area (Å²) in [7, 11) is 1.51. The van der Waals surface area contributed by atoms with Gasteiger partial charge in [0.05, 0.1) is 24.3 Å². The number of carbonyl (C=O) groups excluding carboxylic acids is 1. The van der Waals surface area contributed by atoms with Crippen LogP contribution in [-0.2, 0) is 6.18 Å². The number of nitrogens with zero attached hydrogens (tertiary/aromatic N) is 3. The van der Waals surface area contributed by atoms with E-state index < -0.39 is 11.7 Å². The molecule has 1 aromatic heterocycles. The summed E-state index contributed by atoms with van der Waals surface area (Å²) in [5.74, 6) is 1.16. The summed E-state index contributed by atoms with van der Waals surface area (Å²) in [6.45, 7) is 4.15. The van der Waals surface area contributed by atoms with Crippen molar-refractivity contribution in [1.82, 2.24) is 9.88 Å². The topological polar surface area (TPSA) is 54.9 Å². The van der Waals surface area contributed by atoms with Crippen molar-refractivity contribution >= 4 is 23.3 Å². The van der Waals surface area contributed by atoms with E-state index in [0.29, 0.717) is 56.3 Å². The SMILES string of the molecule is CCOc1ccc(C(=O)N2CCCN(c3ncc(C(F)(F)F)cc3Cl)CC2)cc1OC. The first-order chi connectivity index (χ1) is 14.7. The number of methoxy groups -OCH3 is 1. The first-order valence-corrected chi connectivity index (χ1v) is 10.2. The van der Waals surface area contributed by atoms with Crippen molar-refractivity contribution in [2.45, 2.75) is 19.5 Å². The molecule has 0 bridgehead atoms. The lowest BCUT2D eigenvalue weighted by Gasteiger charge is -2.24. The number of ether oxygens (including phenoxy) is 2. The molecule has 2 aromatic rings. The first kappa shape index (κ1) is 23.0. The Kier molecular flexibility index (Phi) is 7.15. The highest BCUT2D eigenvalue weighted by Crippen LogP contribution is 2.34. The first-order valence-electron chi connectivity index (χ1n) is 9.82. The van der Waals surface area contributed by atoms with Crippen molar-refractivity contribution in [2.75, 3.05) is 44.8 Å². The minimum absolute atomic E-state index is 0.0640. The molecule has 1 saturated heterocycles. The minimum Gasteiger partial charge on any atom is -0.493 e. The van der Waals surface area contributed by atoms with Crippen LogP contribution in [0.3, 0.4) is 0 Å². The molecule has 31 heavy (non-hydrogen) atoms. The van der Waals surface area contributed by atoms with Gasteiger partial charge in [0.1, 0.15) is 5.82 Å². The maximum atomic E-state index is 13.0. The molecular weight excluding hydrogens is 435 g/mol. The summed E-state index contributed by atoms with van der Waals surface area (Å²) in [5, 5.41) is -0.0640. The smallest absolute Gasteiger partial charge is 0.417 e. The van der Waals surface area contributed by atoms with Crippen molar-refractivity contribution in [2.24, 2.45) is 0 Å². The van der Waals surface area contributed by atoms with E-state index in [2.05, 4.69) is 4.98 Å². The number of hydrogen-bond acceptors (Lipinski definition) is 5.